The fourth-order valence-corrected chi connectivity index (χ4v) is 2.02. The molecule has 3 nitrogen and oxygen atoms in total. The monoisotopic (exact) mass is 224 g/mol. The molecule has 0 fully saturated rings. The van der Waals surface area contributed by atoms with Crippen molar-refractivity contribution in [1.29, 1.82) is 0 Å². The molecule has 0 saturated heterocycles. The minimum atomic E-state index is 0.773. The second-order valence-corrected chi connectivity index (χ2v) is 4.65. The Balaban J connectivity index is 2.21. The first-order chi connectivity index (χ1) is 7.65. The van der Waals surface area contributed by atoms with Crippen LogP contribution >= 0.6 is 0 Å². The van der Waals surface area contributed by atoms with Crippen LogP contribution in [0.3, 0.4) is 0 Å². The molecule has 1 unspecified atom stereocenters. The molecule has 1 N–H and O–H groups in total. The standard InChI is InChI=1S/C13H24N2O/c1-5-6-10(2)9-14-8-7-13-11(3)15-16-12(13)4/h10,14H,5-9H2,1-4H3. The highest BCUT2D eigenvalue weighted by molar-refractivity contribution is 5.20. The molecule has 1 atom stereocenters. The van der Waals surface area contributed by atoms with Crippen molar-refractivity contribution >= 4 is 0 Å². The molecule has 0 spiro atoms. The lowest BCUT2D eigenvalue weighted by Gasteiger charge is -2.10. The highest BCUT2D eigenvalue weighted by Crippen LogP contribution is 2.12. The maximum absolute atomic E-state index is 5.13. The highest BCUT2D eigenvalue weighted by atomic mass is 16.5. The Morgan fingerprint density at radius 1 is 1.38 bits per heavy atom. The first-order valence-corrected chi connectivity index (χ1v) is 6.27. The Bertz CT molecular complexity index is 287. The summed E-state index contributed by atoms with van der Waals surface area (Å²) in [6.07, 6.45) is 3.59. The number of nitrogens with one attached hydrogen (secondary N) is 1. The minimum Gasteiger partial charge on any atom is -0.361 e. The van der Waals surface area contributed by atoms with E-state index >= 15 is 0 Å². The molecule has 0 aliphatic heterocycles. The van der Waals surface area contributed by atoms with Crippen molar-refractivity contribution in [1.82, 2.24) is 10.5 Å². The van der Waals surface area contributed by atoms with Gasteiger partial charge in [0, 0.05) is 5.56 Å². The molecular formula is C13H24N2O. The highest BCUT2D eigenvalue weighted by Gasteiger charge is 2.08. The Labute approximate surface area is 98.6 Å². The van der Waals surface area contributed by atoms with Crippen molar-refractivity contribution in [3.63, 3.8) is 0 Å². The van der Waals surface area contributed by atoms with Crippen LogP contribution in [-0.4, -0.2) is 18.2 Å². The lowest BCUT2D eigenvalue weighted by atomic mass is 10.1. The number of nitrogens with zero attached hydrogens (tertiary/aromatic N) is 1. The quantitative estimate of drug-likeness (QED) is 0.724. The second kappa shape index (κ2) is 6.69. The average molecular weight is 224 g/mol. The molecule has 0 aromatic carbocycles. The van der Waals surface area contributed by atoms with Crippen LogP contribution < -0.4 is 5.32 Å². The summed E-state index contributed by atoms with van der Waals surface area (Å²) in [5, 5.41) is 7.45. The van der Waals surface area contributed by atoms with Crippen molar-refractivity contribution in [2.75, 3.05) is 13.1 Å². The number of hydrogen-bond acceptors (Lipinski definition) is 3. The molecule has 0 saturated carbocycles. The van der Waals surface area contributed by atoms with E-state index in [-0.39, 0.29) is 0 Å². The summed E-state index contributed by atoms with van der Waals surface area (Å²) in [5.41, 5.74) is 2.29. The van der Waals surface area contributed by atoms with E-state index in [4.69, 9.17) is 4.52 Å². The molecule has 1 heterocycles. The molecule has 0 aliphatic rings. The fourth-order valence-electron chi connectivity index (χ4n) is 2.02. The van der Waals surface area contributed by atoms with E-state index in [0.29, 0.717) is 0 Å². The van der Waals surface area contributed by atoms with E-state index in [1.165, 1.54) is 18.4 Å². The SMILES string of the molecule is CCCC(C)CNCCc1c(C)noc1C. The van der Waals surface area contributed by atoms with Gasteiger partial charge in [-0.15, -0.1) is 0 Å². The molecule has 92 valence electrons. The molecule has 0 amide bonds. The Morgan fingerprint density at radius 3 is 2.69 bits per heavy atom. The summed E-state index contributed by atoms with van der Waals surface area (Å²) in [4.78, 5) is 0. The molecule has 3 heteroatoms. The van der Waals surface area contributed by atoms with Crippen molar-refractivity contribution < 1.29 is 4.52 Å². The van der Waals surface area contributed by atoms with Crippen LogP contribution in [0.1, 0.15) is 43.7 Å². The number of hydrogen-bond donors (Lipinski definition) is 1. The molecule has 1 aromatic heterocycles. The minimum absolute atomic E-state index is 0.773. The number of aryl methyl sites for hydroxylation is 2. The molecule has 0 radical (unpaired) electrons. The Hall–Kier alpha value is -0.830. The third kappa shape index (κ3) is 3.97. The van der Waals surface area contributed by atoms with E-state index in [0.717, 1.165) is 36.9 Å². The van der Waals surface area contributed by atoms with Crippen LogP contribution in [0.15, 0.2) is 4.52 Å². The largest absolute Gasteiger partial charge is 0.361 e. The summed E-state index contributed by atoms with van der Waals surface area (Å²) < 4.78 is 5.13. The van der Waals surface area contributed by atoms with Crippen LogP contribution in [0.25, 0.3) is 0 Å². The summed E-state index contributed by atoms with van der Waals surface area (Å²) in [7, 11) is 0. The third-order valence-corrected chi connectivity index (χ3v) is 3.01. The van der Waals surface area contributed by atoms with Crippen LogP contribution in [-0.2, 0) is 6.42 Å². The van der Waals surface area contributed by atoms with Crippen molar-refractivity contribution in [3.8, 4) is 0 Å². The van der Waals surface area contributed by atoms with Gasteiger partial charge in [0.2, 0.25) is 0 Å². The van der Waals surface area contributed by atoms with Gasteiger partial charge in [-0.25, -0.2) is 0 Å². The molecule has 1 rings (SSSR count). The number of aromatic nitrogens is 1. The Morgan fingerprint density at radius 2 is 2.12 bits per heavy atom. The predicted molar refractivity (Wildman–Crippen MR) is 66.6 cm³/mol. The normalized spacial score (nSPS) is 13.0. The summed E-state index contributed by atoms with van der Waals surface area (Å²) in [5.74, 6) is 1.73. The van der Waals surface area contributed by atoms with E-state index in [2.05, 4.69) is 24.3 Å². The summed E-state index contributed by atoms with van der Waals surface area (Å²) >= 11 is 0. The Kier molecular flexibility index (Phi) is 5.53. The number of rotatable bonds is 7. The summed E-state index contributed by atoms with van der Waals surface area (Å²) in [6.45, 7) is 10.6. The maximum Gasteiger partial charge on any atom is 0.137 e. The lowest BCUT2D eigenvalue weighted by Crippen LogP contribution is -2.23. The van der Waals surface area contributed by atoms with Crippen LogP contribution in [0.2, 0.25) is 0 Å². The first kappa shape index (κ1) is 13.2. The van der Waals surface area contributed by atoms with Gasteiger partial charge in [0.15, 0.2) is 0 Å². The van der Waals surface area contributed by atoms with Crippen LogP contribution in [0, 0.1) is 19.8 Å². The predicted octanol–water partition coefficient (Wildman–Crippen LogP) is 2.86. The van der Waals surface area contributed by atoms with Gasteiger partial charge in [-0.05, 0) is 45.7 Å². The van der Waals surface area contributed by atoms with Gasteiger partial charge in [-0.3, -0.25) is 0 Å². The zero-order valence-electron chi connectivity index (χ0n) is 11.0. The zero-order valence-corrected chi connectivity index (χ0v) is 11.0. The van der Waals surface area contributed by atoms with Gasteiger partial charge < -0.3 is 9.84 Å². The molecule has 0 aliphatic carbocycles. The van der Waals surface area contributed by atoms with Crippen LogP contribution in [0.4, 0.5) is 0 Å². The van der Waals surface area contributed by atoms with Gasteiger partial charge in [0.1, 0.15) is 5.76 Å². The molecule has 1 aromatic rings. The van der Waals surface area contributed by atoms with E-state index < -0.39 is 0 Å². The van der Waals surface area contributed by atoms with E-state index in [1.54, 1.807) is 0 Å². The van der Waals surface area contributed by atoms with Gasteiger partial charge in [-0.1, -0.05) is 25.4 Å². The van der Waals surface area contributed by atoms with Crippen LogP contribution in [0.5, 0.6) is 0 Å². The topological polar surface area (TPSA) is 38.1 Å². The average Bonchev–Trinajstić information content (AvgIpc) is 2.55. The maximum atomic E-state index is 5.13. The van der Waals surface area contributed by atoms with Gasteiger partial charge >= 0.3 is 0 Å². The fraction of sp³-hybridized carbons (Fsp3) is 0.769. The third-order valence-electron chi connectivity index (χ3n) is 3.01. The van der Waals surface area contributed by atoms with Crippen molar-refractivity contribution in [3.05, 3.63) is 17.0 Å². The summed E-state index contributed by atoms with van der Waals surface area (Å²) in [6, 6.07) is 0. The van der Waals surface area contributed by atoms with E-state index in [1.807, 2.05) is 13.8 Å². The first-order valence-electron chi connectivity index (χ1n) is 6.27. The van der Waals surface area contributed by atoms with Gasteiger partial charge in [-0.2, -0.15) is 0 Å². The smallest absolute Gasteiger partial charge is 0.137 e. The van der Waals surface area contributed by atoms with Gasteiger partial charge in [0.25, 0.3) is 0 Å². The molecule has 16 heavy (non-hydrogen) atoms. The second-order valence-electron chi connectivity index (χ2n) is 4.65. The van der Waals surface area contributed by atoms with E-state index in [9.17, 15) is 0 Å². The van der Waals surface area contributed by atoms with Crippen molar-refractivity contribution in [2.45, 2.75) is 47.0 Å². The van der Waals surface area contributed by atoms with Crippen molar-refractivity contribution in [2.24, 2.45) is 5.92 Å². The van der Waals surface area contributed by atoms with Gasteiger partial charge in [0.05, 0.1) is 5.69 Å². The zero-order chi connectivity index (χ0) is 12.0. The lowest BCUT2D eigenvalue weighted by molar-refractivity contribution is 0.392. The molecular weight excluding hydrogens is 200 g/mol. The molecule has 0 bridgehead atoms.